The summed E-state index contributed by atoms with van der Waals surface area (Å²) < 4.78 is 33.3. The van der Waals surface area contributed by atoms with E-state index >= 15 is 0 Å². The van der Waals surface area contributed by atoms with Crippen molar-refractivity contribution in [2.45, 2.75) is 17.9 Å². The number of nitrogens with zero attached hydrogens (tertiary/aromatic N) is 3. The molecule has 32 heavy (non-hydrogen) atoms. The molecule has 4 rings (SSSR count). The number of sulfonamides is 1. The second-order valence-corrected chi connectivity index (χ2v) is 9.57. The highest BCUT2D eigenvalue weighted by atomic mass is 32.2. The van der Waals surface area contributed by atoms with Crippen LogP contribution in [0.3, 0.4) is 0 Å². The molecule has 0 spiro atoms. The van der Waals surface area contributed by atoms with Crippen molar-refractivity contribution < 1.29 is 17.9 Å². The smallest absolute Gasteiger partial charge is 0.263 e. The number of hydrogen-bond donors (Lipinski definition) is 0. The first-order chi connectivity index (χ1) is 15.4. The van der Waals surface area contributed by atoms with E-state index in [2.05, 4.69) is 0 Å². The number of fused-ring (bicyclic) bond motifs is 1. The van der Waals surface area contributed by atoms with Crippen LogP contribution in [0, 0.1) is 11.3 Å². The van der Waals surface area contributed by atoms with Crippen molar-refractivity contribution in [1.29, 1.82) is 5.26 Å². The lowest BCUT2D eigenvalue weighted by molar-refractivity contribution is -0.139. The van der Waals surface area contributed by atoms with Crippen LogP contribution in [0.2, 0.25) is 0 Å². The quantitative estimate of drug-likeness (QED) is 0.597. The topological polar surface area (TPSA) is 90.7 Å². The number of amides is 1. The fraction of sp³-hybridized carbons (Fsp3) is 0.250. The van der Waals surface area contributed by atoms with Gasteiger partial charge < -0.3 is 9.64 Å². The van der Waals surface area contributed by atoms with E-state index in [-0.39, 0.29) is 23.9 Å². The first-order valence-electron chi connectivity index (χ1n) is 10.3. The van der Waals surface area contributed by atoms with Crippen LogP contribution in [0.5, 0.6) is 5.75 Å². The van der Waals surface area contributed by atoms with Crippen LogP contribution in [-0.4, -0.2) is 55.8 Å². The summed E-state index contributed by atoms with van der Waals surface area (Å²) in [7, 11) is -3.64. The van der Waals surface area contributed by atoms with Crippen molar-refractivity contribution in [2.75, 3.05) is 26.2 Å². The van der Waals surface area contributed by atoms with E-state index in [1.54, 1.807) is 48.2 Å². The fourth-order valence-electron chi connectivity index (χ4n) is 3.75. The number of benzene rings is 3. The molecule has 1 heterocycles. The summed E-state index contributed by atoms with van der Waals surface area (Å²) in [6.45, 7) is 2.72. The summed E-state index contributed by atoms with van der Waals surface area (Å²) >= 11 is 0. The zero-order valence-corrected chi connectivity index (χ0v) is 18.5. The van der Waals surface area contributed by atoms with Gasteiger partial charge in [0, 0.05) is 26.2 Å². The Morgan fingerprint density at radius 3 is 2.28 bits per heavy atom. The highest BCUT2D eigenvalue weighted by Crippen LogP contribution is 2.23. The molecule has 0 unspecified atom stereocenters. The number of rotatable bonds is 5. The van der Waals surface area contributed by atoms with Crippen molar-refractivity contribution in [2.24, 2.45) is 0 Å². The van der Waals surface area contributed by atoms with Gasteiger partial charge in [0.05, 0.1) is 16.5 Å². The van der Waals surface area contributed by atoms with Crippen LogP contribution in [0.1, 0.15) is 12.5 Å². The lowest BCUT2D eigenvalue weighted by Gasteiger charge is -2.35. The maximum absolute atomic E-state index is 13.1. The highest BCUT2D eigenvalue weighted by Gasteiger charge is 2.32. The Kier molecular flexibility index (Phi) is 6.12. The zero-order valence-electron chi connectivity index (χ0n) is 17.6. The third-order valence-corrected chi connectivity index (χ3v) is 7.45. The van der Waals surface area contributed by atoms with Crippen molar-refractivity contribution in [1.82, 2.24) is 9.21 Å². The molecule has 1 fully saturated rings. The Morgan fingerprint density at radius 1 is 0.969 bits per heavy atom. The summed E-state index contributed by atoms with van der Waals surface area (Å²) in [6.07, 6.45) is -0.716. The second-order valence-electron chi connectivity index (χ2n) is 7.63. The fourth-order valence-corrected chi connectivity index (χ4v) is 5.20. The molecule has 1 saturated heterocycles. The van der Waals surface area contributed by atoms with Gasteiger partial charge in [-0.15, -0.1) is 0 Å². The molecule has 0 bridgehead atoms. The standard InChI is InChI=1S/C24H23N3O4S/c1-18(31-22-9-6-19(17-25)7-10-22)24(28)26-12-14-27(15-13-26)32(29,30)23-11-8-20-4-2-3-5-21(20)16-23/h2-11,16,18H,12-15H2,1H3/t18-/m1/s1. The minimum absolute atomic E-state index is 0.197. The molecule has 3 aromatic rings. The monoisotopic (exact) mass is 449 g/mol. The van der Waals surface area contributed by atoms with Gasteiger partial charge in [0.1, 0.15) is 5.75 Å². The van der Waals surface area contributed by atoms with Gasteiger partial charge in [-0.2, -0.15) is 9.57 Å². The van der Waals surface area contributed by atoms with E-state index in [9.17, 15) is 13.2 Å². The summed E-state index contributed by atoms with van der Waals surface area (Å²) in [4.78, 5) is 14.7. The second kappa shape index (κ2) is 8.99. The third kappa shape index (κ3) is 4.44. The summed E-state index contributed by atoms with van der Waals surface area (Å²) in [5.74, 6) is 0.305. The Morgan fingerprint density at radius 2 is 1.62 bits per heavy atom. The Hall–Kier alpha value is -3.41. The first-order valence-corrected chi connectivity index (χ1v) is 11.8. The van der Waals surface area contributed by atoms with E-state index in [0.29, 0.717) is 24.4 Å². The molecule has 0 radical (unpaired) electrons. The Labute approximate surface area is 187 Å². The molecular formula is C24H23N3O4S. The molecule has 0 aromatic heterocycles. The molecular weight excluding hydrogens is 426 g/mol. The van der Waals surface area contributed by atoms with Gasteiger partial charge in [-0.3, -0.25) is 4.79 Å². The largest absolute Gasteiger partial charge is 0.481 e. The molecule has 8 heteroatoms. The number of piperazine rings is 1. The minimum Gasteiger partial charge on any atom is -0.481 e. The predicted molar refractivity (Wildman–Crippen MR) is 121 cm³/mol. The molecule has 164 valence electrons. The number of hydrogen-bond acceptors (Lipinski definition) is 5. The summed E-state index contributed by atoms with van der Waals surface area (Å²) in [5, 5.41) is 10.7. The summed E-state index contributed by atoms with van der Waals surface area (Å²) in [6, 6.07) is 21.3. The van der Waals surface area contributed by atoms with Crippen molar-refractivity contribution in [3.63, 3.8) is 0 Å². The lowest BCUT2D eigenvalue weighted by atomic mass is 10.1. The van der Waals surface area contributed by atoms with Crippen molar-refractivity contribution in [3.8, 4) is 11.8 Å². The van der Waals surface area contributed by atoms with Crippen LogP contribution >= 0.6 is 0 Å². The van der Waals surface area contributed by atoms with Gasteiger partial charge in [0.25, 0.3) is 5.91 Å². The molecule has 1 amide bonds. The summed E-state index contributed by atoms with van der Waals surface area (Å²) in [5.41, 5.74) is 0.514. The molecule has 1 atom stereocenters. The minimum atomic E-state index is -3.64. The van der Waals surface area contributed by atoms with Crippen LogP contribution in [0.4, 0.5) is 0 Å². The first kappa shape index (κ1) is 21.8. The average molecular weight is 450 g/mol. The molecule has 3 aromatic carbocycles. The number of carbonyl (C=O) groups excluding carboxylic acids is 1. The maximum atomic E-state index is 13.1. The molecule has 0 aliphatic carbocycles. The van der Waals surface area contributed by atoms with Crippen LogP contribution in [-0.2, 0) is 14.8 Å². The van der Waals surface area contributed by atoms with Gasteiger partial charge in [0.2, 0.25) is 10.0 Å². The van der Waals surface area contributed by atoms with E-state index in [1.807, 2.05) is 36.4 Å². The van der Waals surface area contributed by atoms with Gasteiger partial charge in [-0.1, -0.05) is 30.3 Å². The van der Waals surface area contributed by atoms with Gasteiger partial charge in [0.15, 0.2) is 6.10 Å². The van der Waals surface area contributed by atoms with Crippen LogP contribution < -0.4 is 4.74 Å². The average Bonchev–Trinajstić information content (AvgIpc) is 2.83. The van der Waals surface area contributed by atoms with E-state index in [4.69, 9.17) is 10.00 Å². The number of carbonyl (C=O) groups is 1. The Bertz CT molecular complexity index is 1270. The SMILES string of the molecule is C[C@@H](Oc1ccc(C#N)cc1)C(=O)N1CCN(S(=O)(=O)c2ccc3ccccc3c2)CC1. The molecule has 0 N–H and O–H groups in total. The van der Waals surface area contributed by atoms with Crippen LogP contribution in [0.25, 0.3) is 10.8 Å². The van der Waals surface area contributed by atoms with Gasteiger partial charge in [-0.05, 0) is 54.1 Å². The van der Waals surface area contributed by atoms with Crippen LogP contribution in [0.15, 0.2) is 71.6 Å². The molecule has 1 aliphatic rings. The van der Waals surface area contributed by atoms with E-state index < -0.39 is 16.1 Å². The Balaban J connectivity index is 1.39. The maximum Gasteiger partial charge on any atom is 0.263 e. The molecule has 7 nitrogen and oxygen atoms in total. The van der Waals surface area contributed by atoms with Gasteiger partial charge in [-0.25, -0.2) is 8.42 Å². The third-order valence-electron chi connectivity index (χ3n) is 5.55. The lowest BCUT2D eigenvalue weighted by Crippen LogP contribution is -2.53. The normalized spacial score (nSPS) is 15.8. The van der Waals surface area contributed by atoms with E-state index in [0.717, 1.165) is 10.8 Å². The number of ether oxygens (including phenoxy) is 1. The van der Waals surface area contributed by atoms with Crippen molar-refractivity contribution in [3.05, 3.63) is 72.3 Å². The molecule has 1 aliphatic heterocycles. The molecule has 0 saturated carbocycles. The highest BCUT2D eigenvalue weighted by molar-refractivity contribution is 7.89. The van der Waals surface area contributed by atoms with Crippen molar-refractivity contribution >= 4 is 26.7 Å². The number of nitriles is 1. The predicted octanol–water partition coefficient (Wildman–Crippen LogP) is 3.01. The van der Waals surface area contributed by atoms with E-state index in [1.165, 1.54) is 4.31 Å². The van der Waals surface area contributed by atoms with Gasteiger partial charge >= 0.3 is 0 Å². The zero-order chi connectivity index (χ0) is 22.7.